The molecule has 0 bridgehead atoms. The Hall–Kier alpha value is -2.62. The van der Waals surface area contributed by atoms with Crippen molar-refractivity contribution in [2.24, 2.45) is 16.6 Å². The van der Waals surface area contributed by atoms with Crippen molar-refractivity contribution in [1.29, 1.82) is 0 Å². The Kier molecular flexibility index (Phi) is 5.67. The molecule has 0 unspecified atom stereocenters. The van der Waals surface area contributed by atoms with Crippen LogP contribution < -0.4 is 11.1 Å². The van der Waals surface area contributed by atoms with Crippen LogP contribution in [0, 0.1) is 11.7 Å². The number of amides is 1. The standard InChI is InChI=1S/C21H20F4N4OS/c22-16-6-5-14(28-18(30)12-4-7-17(27-10-12)21(23,24)25)9-15(16)20-8-2-1-3-13(20)11-31-19(26)29-20/h4-7,9-10,13H,1-3,8,11H2,(H2,26,29)(H,28,30)/t13-,20-/m0/s1. The van der Waals surface area contributed by atoms with Crippen molar-refractivity contribution < 1.29 is 22.4 Å². The molecule has 2 atom stereocenters. The van der Waals surface area contributed by atoms with Crippen LogP contribution in [-0.2, 0) is 11.7 Å². The average Bonchev–Trinajstić information content (AvgIpc) is 2.74. The summed E-state index contributed by atoms with van der Waals surface area (Å²) in [6, 6.07) is 6.02. The van der Waals surface area contributed by atoms with Gasteiger partial charge in [-0.05, 0) is 49.1 Å². The van der Waals surface area contributed by atoms with Crippen molar-refractivity contribution in [3.63, 3.8) is 0 Å². The lowest BCUT2D eigenvalue weighted by molar-refractivity contribution is -0.141. The van der Waals surface area contributed by atoms with Gasteiger partial charge in [0.05, 0.1) is 11.1 Å². The third-order valence-electron chi connectivity index (χ3n) is 5.78. The number of hydrogen-bond acceptors (Lipinski definition) is 5. The van der Waals surface area contributed by atoms with Crippen LogP contribution >= 0.6 is 11.8 Å². The average molecular weight is 452 g/mol. The minimum atomic E-state index is -4.59. The molecule has 1 aromatic heterocycles. The van der Waals surface area contributed by atoms with E-state index in [-0.39, 0.29) is 11.5 Å². The molecule has 1 fully saturated rings. The highest BCUT2D eigenvalue weighted by atomic mass is 32.2. The molecule has 164 valence electrons. The van der Waals surface area contributed by atoms with E-state index in [9.17, 15) is 22.4 Å². The van der Waals surface area contributed by atoms with Gasteiger partial charge in [-0.1, -0.05) is 24.6 Å². The molecule has 5 nitrogen and oxygen atoms in total. The van der Waals surface area contributed by atoms with Gasteiger partial charge in [0.25, 0.3) is 5.91 Å². The molecule has 31 heavy (non-hydrogen) atoms. The van der Waals surface area contributed by atoms with Gasteiger partial charge in [-0.3, -0.25) is 14.8 Å². The second kappa shape index (κ2) is 8.14. The lowest BCUT2D eigenvalue weighted by Crippen LogP contribution is -2.43. The van der Waals surface area contributed by atoms with Gasteiger partial charge < -0.3 is 11.1 Å². The van der Waals surface area contributed by atoms with Crippen molar-refractivity contribution in [2.75, 3.05) is 11.1 Å². The maximum atomic E-state index is 14.9. The van der Waals surface area contributed by atoms with E-state index in [1.807, 2.05) is 0 Å². The smallest absolute Gasteiger partial charge is 0.379 e. The van der Waals surface area contributed by atoms with Crippen LogP contribution in [0.15, 0.2) is 41.5 Å². The maximum absolute atomic E-state index is 14.9. The summed E-state index contributed by atoms with van der Waals surface area (Å²) in [4.78, 5) is 20.5. The van der Waals surface area contributed by atoms with Gasteiger partial charge >= 0.3 is 6.18 Å². The molecule has 4 rings (SSSR count). The molecule has 0 spiro atoms. The number of pyridine rings is 1. The minimum Gasteiger partial charge on any atom is -0.379 e. The van der Waals surface area contributed by atoms with Crippen LogP contribution in [0.4, 0.5) is 23.2 Å². The van der Waals surface area contributed by atoms with Gasteiger partial charge in [0, 0.05) is 23.2 Å². The zero-order chi connectivity index (χ0) is 22.2. The first-order valence-electron chi connectivity index (χ1n) is 9.82. The van der Waals surface area contributed by atoms with E-state index in [1.54, 1.807) is 6.07 Å². The van der Waals surface area contributed by atoms with Gasteiger partial charge in [-0.2, -0.15) is 13.2 Å². The minimum absolute atomic E-state index is 0.0380. The second-order valence-electron chi connectivity index (χ2n) is 7.71. The predicted molar refractivity (Wildman–Crippen MR) is 111 cm³/mol. The predicted octanol–water partition coefficient (Wildman–Crippen LogP) is 4.94. The summed E-state index contributed by atoms with van der Waals surface area (Å²) in [5.74, 6) is -0.177. The molecular weight excluding hydrogens is 432 g/mol. The van der Waals surface area contributed by atoms with E-state index < -0.39 is 29.1 Å². The van der Waals surface area contributed by atoms with Crippen LogP contribution in [0.1, 0.15) is 47.3 Å². The van der Waals surface area contributed by atoms with Gasteiger partial charge in [0.1, 0.15) is 11.5 Å². The van der Waals surface area contributed by atoms with Crippen molar-refractivity contribution in [2.45, 2.75) is 37.4 Å². The highest BCUT2D eigenvalue weighted by Gasteiger charge is 2.46. The number of nitrogens with zero attached hydrogens (tertiary/aromatic N) is 2. The van der Waals surface area contributed by atoms with Crippen molar-refractivity contribution >= 4 is 28.5 Å². The number of carbonyl (C=O) groups is 1. The summed E-state index contributed by atoms with van der Waals surface area (Å²) in [5.41, 5.74) is 4.80. The molecule has 2 heterocycles. The van der Waals surface area contributed by atoms with Crippen LogP contribution in [0.5, 0.6) is 0 Å². The van der Waals surface area contributed by atoms with Crippen molar-refractivity contribution in [3.8, 4) is 0 Å². The number of hydrogen-bond donors (Lipinski definition) is 2. The number of fused-ring (bicyclic) bond motifs is 1. The second-order valence-corrected chi connectivity index (χ2v) is 8.75. The number of carbonyl (C=O) groups excluding carboxylic acids is 1. The van der Waals surface area contributed by atoms with Crippen LogP contribution in [0.25, 0.3) is 0 Å². The molecule has 3 N–H and O–H groups in total. The number of halogens is 4. The summed E-state index contributed by atoms with van der Waals surface area (Å²) in [7, 11) is 0. The molecule has 1 aliphatic carbocycles. The molecule has 1 aromatic carbocycles. The molecule has 1 aliphatic heterocycles. The van der Waals surface area contributed by atoms with Gasteiger partial charge in [0.2, 0.25) is 0 Å². The zero-order valence-corrected chi connectivity index (χ0v) is 17.2. The van der Waals surface area contributed by atoms with E-state index in [2.05, 4.69) is 15.3 Å². The van der Waals surface area contributed by atoms with Crippen LogP contribution in [0.2, 0.25) is 0 Å². The van der Waals surface area contributed by atoms with Gasteiger partial charge in [-0.25, -0.2) is 4.39 Å². The van der Waals surface area contributed by atoms with E-state index in [0.717, 1.165) is 43.3 Å². The molecule has 2 aliphatic rings. The Labute approximate surface area is 180 Å². The number of aliphatic imine (C=N–C) groups is 1. The van der Waals surface area contributed by atoms with Gasteiger partial charge in [0.15, 0.2) is 5.17 Å². The number of nitrogens with one attached hydrogen (secondary N) is 1. The fourth-order valence-corrected chi connectivity index (χ4v) is 5.30. The first kappa shape index (κ1) is 21.6. The summed E-state index contributed by atoms with van der Waals surface area (Å²) in [5, 5.41) is 3.03. The Morgan fingerprint density at radius 1 is 1.23 bits per heavy atom. The van der Waals surface area contributed by atoms with Crippen LogP contribution in [0.3, 0.4) is 0 Å². The molecule has 10 heteroatoms. The van der Waals surface area contributed by atoms with E-state index in [1.165, 1.54) is 23.9 Å². The summed E-state index contributed by atoms with van der Waals surface area (Å²) < 4.78 is 52.9. The zero-order valence-electron chi connectivity index (χ0n) is 16.4. The van der Waals surface area contributed by atoms with Crippen LogP contribution in [-0.4, -0.2) is 21.8 Å². The molecule has 1 amide bonds. The van der Waals surface area contributed by atoms with Crippen molar-refractivity contribution in [3.05, 3.63) is 59.2 Å². The largest absolute Gasteiger partial charge is 0.433 e. The molecule has 2 aromatic rings. The number of anilines is 1. The Morgan fingerprint density at radius 2 is 2.03 bits per heavy atom. The summed E-state index contributed by atoms with van der Waals surface area (Å²) >= 11 is 1.47. The molecule has 1 saturated carbocycles. The first-order chi connectivity index (χ1) is 14.7. The maximum Gasteiger partial charge on any atom is 0.433 e. The quantitative estimate of drug-likeness (QED) is 0.647. The third kappa shape index (κ3) is 4.26. The normalized spacial score (nSPS) is 23.6. The number of amidine groups is 1. The fraction of sp³-hybridized carbons (Fsp3) is 0.381. The number of benzene rings is 1. The van der Waals surface area contributed by atoms with Gasteiger partial charge in [-0.15, -0.1) is 0 Å². The van der Waals surface area contributed by atoms with E-state index in [4.69, 9.17) is 5.73 Å². The SMILES string of the molecule is NC1=N[C@@]2(c3cc(NC(=O)c4ccc(C(F)(F)F)nc4)ccc3F)CCCC[C@H]2CS1. The topological polar surface area (TPSA) is 80.4 Å². The number of alkyl halides is 3. The number of nitrogens with two attached hydrogens (primary N) is 1. The summed E-state index contributed by atoms with van der Waals surface area (Å²) in [6.45, 7) is 0. The Balaban J connectivity index is 1.62. The van der Waals surface area contributed by atoms with Crippen molar-refractivity contribution in [1.82, 2.24) is 4.98 Å². The number of rotatable bonds is 3. The highest BCUT2D eigenvalue weighted by molar-refractivity contribution is 8.13. The number of thioether (sulfide) groups is 1. The molecule has 0 radical (unpaired) electrons. The lowest BCUT2D eigenvalue weighted by Gasteiger charge is -2.44. The third-order valence-corrected chi connectivity index (χ3v) is 6.74. The van der Waals surface area contributed by atoms with E-state index in [0.29, 0.717) is 22.8 Å². The lowest BCUT2D eigenvalue weighted by atomic mass is 9.69. The monoisotopic (exact) mass is 452 g/mol. The number of aromatic nitrogens is 1. The Bertz CT molecular complexity index is 1030. The Morgan fingerprint density at radius 3 is 2.74 bits per heavy atom. The highest BCUT2D eigenvalue weighted by Crippen LogP contribution is 2.50. The fourth-order valence-electron chi connectivity index (χ4n) is 4.26. The first-order valence-corrected chi connectivity index (χ1v) is 10.8. The summed E-state index contributed by atoms with van der Waals surface area (Å²) in [6.07, 6.45) is -0.210. The molecular formula is C21H20F4N4OS. The van der Waals surface area contributed by atoms with E-state index >= 15 is 0 Å². The molecule has 0 saturated heterocycles.